The van der Waals surface area contributed by atoms with Gasteiger partial charge in [-0.25, -0.2) is 9.97 Å². The molecule has 178 valence electrons. The van der Waals surface area contributed by atoms with Gasteiger partial charge in [0.1, 0.15) is 4.83 Å². The van der Waals surface area contributed by atoms with E-state index in [9.17, 15) is 0 Å². The van der Waals surface area contributed by atoms with Gasteiger partial charge in [-0.05, 0) is 30.3 Å². The van der Waals surface area contributed by atoms with Gasteiger partial charge in [0.15, 0.2) is 11.6 Å². The summed E-state index contributed by atoms with van der Waals surface area (Å²) >= 11 is 1.73. The molecule has 4 aromatic heterocycles. The van der Waals surface area contributed by atoms with Crippen LogP contribution in [0.15, 0.2) is 115 Å². The van der Waals surface area contributed by atoms with Gasteiger partial charge in [0.05, 0.1) is 11.0 Å². The number of pyridine rings is 1. The van der Waals surface area contributed by atoms with Gasteiger partial charge >= 0.3 is 0 Å². The van der Waals surface area contributed by atoms with E-state index < -0.39 is 0 Å². The zero-order valence-electron chi connectivity index (χ0n) is 20.1. The van der Waals surface area contributed by atoms with Crippen molar-refractivity contribution in [2.75, 3.05) is 0 Å². The highest BCUT2D eigenvalue weighted by atomic mass is 32.1. The van der Waals surface area contributed by atoms with E-state index in [1.54, 1.807) is 11.3 Å². The number of nitrogens with zero attached hydrogens (tertiary/aromatic N) is 5. The van der Waals surface area contributed by atoms with Crippen LogP contribution in [0.25, 0.3) is 70.8 Å². The molecule has 0 unspecified atom stereocenters. The Morgan fingerprint density at radius 2 is 1.18 bits per heavy atom. The lowest BCUT2D eigenvalue weighted by molar-refractivity contribution is 0.954. The minimum absolute atomic E-state index is 0.598. The Bertz CT molecular complexity index is 2070. The van der Waals surface area contributed by atoms with Gasteiger partial charge in [-0.1, -0.05) is 78.9 Å². The molecule has 4 heterocycles. The zero-order valence-corrected chi connectivity index (χ0v) is 20.9. The highest BCUT2D eigenvalue weighted by Gasteiger charge is 2.19. The molecule has 0 aliphatic rings. The molecule has 8 aromatic rings. The van der Waals surface area contributed by atoms with Crippen LogP contribution in [0.3, 0.4) is 0 Å². The number of para-hydroxylation sites is 1. The van der Waals surface area contributed by atoms with E-state index >= 15 is 0 Å². The van der Waals surface area contributed by atoms with Crippen molar-refractivity contribution < 1.29 is 0 Å². The predicted molar refractivity (Wildman–Crippen MR) is 156 cm³/mol. The molecular weight excluding hydrogens is 486 g/mol. The number of hydrogen-bond acceptors (Lipinski definition) is 5. The fraction of sp³-hybridized carbons (Fsp3) is 0. The minimum atomic E-state index is 0.598. The molecule has 0 atom stereocenters. The standard InChI is InChI=1S/C32H19N5S/c1-3-10-20(11-4-1)29-34-30(21-12-5-2-6-13-21)36-32(35-29)37-26-16-8-7-14-22(26)24-19-28-25(18-27(24)37)23-15-9-17-33-31(23)38-28/h1-19H. The van der Waals surface area contributed by atoms with Crippen LogP contribution in [0.2, 0.25) is 0 Å². The van der Waals surface area contributed by atoms with Gasteiger partial charge in [-0.15, -0.1) is 11.3 Å². The number of rotatable bonds is 3. The molecule has 6 heteroatoms. The molecule has 0 saturated carbocycles. The maximum atomic E-state index is 5.03. The summed E-state index contributed by atoms with van der Waals surface area (Å²) in [7, 11) is 0. The first kappa shape index (κ1) is 21.2. The summed E-state index contributed by atoms with van der Waals surface area (Å²) in [5.74, 6) is 1.89. The molecule has 0 N–H and O–H groups in total. The van der Waals surface area contributed by atoms with Crippen LogP contribution < -0.4 is 0 Å². The molecule has 4 aromatic carbocycles. The molecule has 0 radical (unpaired) electrons. The summed E-state index contributed by atoms with van der Waals surface area (Å²) < 4.78 is 3.39. The van der Waals surface area contributed by atoms with E-state index in [0.717, 1.165) is 37.8 Å². The molecule has 0 aliphatic carbocycles. The van der Waals surface area contributed by atoms with Crippen LogP contribution >= 0.6 is 11.3 Å². The summed E-state index contributed by atoms with van der Waals surface area (Å²) in [5.41, 5.74) is 4.02. The highest BCUT2D eigenvalue weighted by molar-refractivity contribution is 7.25. The second-order valence-corrected chi connectivity index (χ2v) is 10.2. The van der Waals surface area contributed by atoms with E-state index in [1.807, 2.05) is 72.9 Å². The van der Waals surface area contributed by atoms with Crippen LogP contribution in [0.5, 0.6) is 0 Å². The van der Waals surface area contributed by atoms with Crippen LogP contribution in [0.1, 0.15) is 0 Å². The lowest BCUT2D eigenvalue weighted by Gasteiger charge is -2.11. The first-order valence-electron chi connectivity index (χ1n) is 12.4. The number of hydrogen-bond donors (Lipinski definition) is 0. The Morgan fingerprint density at radius 3 is 1.92 bits per heavy atom. The quantitative estimate of drug-likeness (QED) is 0.244. The minimum Gasteiger partial charge on any atom is -0.278 e. The van der Waals surface area contributed by atoms with Gasteiger partial charge in [-0.2, -0.15) is 9.97 Å². The molecule has 38 heavy (non-hydrogen) atoms. The third-order valence-electron chi connectivity index (χ3n) is 6.93. The van der Waals surface area contributed by atoms with Crippen molar-refractivity contribution in [2.45, 2.75) is 0 Å². The van der Waals surface area contributed by atoms with Crippen LogP contribution in [0.4, 0.5) is 0 Å². The maximum absolute atomic E-state index is 5.03. The first-order valence-corrected chi connectivity index (χ1v) is 13.2. The molecule has 0 aliphatic heterocycles. The molecule has 0 saturated heterocycles. The van der Waals surface area contributed by atoms with Gasteiger partial charge in [0.25, 0.3) is 0 Å². The normalized spacial score (nSPS) is 11.7. The Kier molecular flexibility index (Phi) is 4.62. The lowest BCUT2D eigenvalue weighted by Crippen LogP contribution is -2.06. The van der Waals surface area contributed by atoms with Gasteiger partial charge in [-0.3, -0.25) is 4.57 Å². The van der Waals surface area contributed by atoms with Crippen molar-refractivity contribution in [1.29, 1.82) is 0 Å². The first-order chi connectivity index (χ1) is 18.8. The second-order valence-electron chi connectivity index (χ2n) is 9.19. The van der Waals surface area contributed by atoms with Crippen LogP contribution in [0, 0.1) is 0 Å². The van der Waals surface area contributed by atoms with Crippen molar-refractivity contribution in [3.63, 3.8) is 0 Å². The number of thiophene rings is 1. The molecule has 0 fully saturated rings. The van der Waals surface area contributed by atoms with Crippen LogP contribution in [-0.4, -0.2) is 24.5 Å². The number of aromatic nitrogens is 5. The smallest absolute Gasteiger partial charge is 0.238 e. The molecule has 8 rings (SSSR count). The van der Waals surface area contributed by atoms with Crippen LogP contribution in [-0.2, 0) is 0 Å². The van der Waals surface area contributed by atoms with Gasteiger partial charge < -0.3 is 0 Å². The van der Waals surface area contributed by atoms with Crippen molar-refractivity contribution in [2.24, 2.45) is 0 Å². The number of fused-ring (bicyclic) bond motifs is 6. The highest BCUT2D eigenvalue weighted by Crippen LogP contribution is 2.39. The Hall–Kier alpha value is -4.94. The van der Waals surface area contributed by atoms with Crippen molar-refractivity contribution in [3.05, 3.63) is 115 Å². The molecule has 0 amide bonds. The Morgan fingerprint density at radius 1 is 0.526 bits per heavy atom. The SMILES string of the molecule is c1ccc(-c2nc(-c3ccccc3)nc(-n3c4ccccc4c4cc5sc6ncccc6c5cc43)n2)cc1. The average molecular weight is 506 g/mol. The third kappa shape index (κ3) is 3.24. The molecule has 0 spiro atoms. The molecular formula is C32H19N5S. The topological polar surface area (TPSA) is 56.5 Å². The fourth-order valence-corrected chi connectivity index (χ4v) is 6.25. The zero-order chi connectivity index (χ0) is 25.1. The average Bonchev–Trinajstić information content (AvgIpc) is 3.51. The third-order valence-corrected chi connectivity index (χ3v) is 8.01. The van der Waals surface area contributed by atoms with Gasteiger partial charge in [0.2, 0.25) is 5.95 Å². The Labute approximate surface area is 221 Å². The molecule has 0 bridgehead atoms. The summed E-state index contributed by atoms with van der Waals surface area (Å²) in [5, 5.41) is 4.69. The van der Waals surface area contributed by atoms with Crippen molar-refractivity contribution in [1.82, 2.24) is 24.5 Å². The summed E-state index contributed by atoms with van der Waals surface area (Å²) in [6.07, 6.45) is 1.86. The summed E-state index contributed by atoms with van der Waals surface area (Å²) in [6, 6.07) is 37.3. The second kappa shape index (κ2) is 8.30. The maximum Gasteiger partial charge on any atom is 0.238 e. The monoisotopic (exact) mass is 505 g/mol. The van der Waals surface area contributed by atoms with E-state index in [2.05, 4.69) is 52.0 Å². The summed E-state index contributed by atoms with van der Waals surface area (Å²) in [6.45, 7) is 0. The summed E-state index contributed by atoms with van der Waals surface area (Å²) in [4.78, 5) is 20.6. The fourth-order valence-electron chi connectivity index (χ4n) is 5.18. The Balaban J connectivity index is 1.49. The van der Waals surface area contributed by atoms with E-state index in [4.69, 9.17) is 15.0 Å². The predicted octanol–water partition coefficient (Wildman–Crippen LogP) is 8.07. The molecule has 5 nitrogen and oxygen atoms in total. The van der Waals surface area contributed by atoms with Crippen molar-refractivity contribution >= 4 is 53.4 Å². The van der Waals surface area contributed by atoms with Gasteiger partial charge in [0, 0.05) is 43.6 Å². The lowest BCUT2D eigenvalue weighted by atomic mass is 10.1. The van der Waals surface area contributed by atoms with E-state index in [0.29, 0.717) is 17.6 Å². The number of benzene rings is 4. The van der Waals surface area contributed by atoms with E-state index in [-0.39, 0.29) is 0 Å². The van der Waals surface area contributed by atoms with E-state index in [1.165, 1.54) is 15.5 Å². The largest absolute Gasteiger partial charge is 0.278 e. The van der Waals surface area contributed by atoms with Crippen molar-refractivity contribution in [3.8, 4) is 28.7 Å².